The molecule has 1 heterocycles. The fraction of sp³-hybridized carbons (Fsp3) is 0.455. The Kier molecular flexibility index (Phi) is 3.93. The predicted molar refractivity (Wildman–Crippen MR) is 62.4 cm³/mol. The second-order valence-corrected chi connectivity index (χ2v) is 3.73. The second-order valence-electron chi connectivity index (χ2n) is 3.73. The molecule has 0 atom stereocenters. The quantitative estimate of drug-likeness (QED) is 0.519. The molecule has 1 aromatic rings. The Morgan fingerprint density at radius 1 is 0.929 bits per heavy atom. The van der Waals surface area contributed by atoms with Crippen LogP contribution >= 0.6 is 12.4 Å². The maximum Gasteiger partial charge on any atom is 0.132 e. The number of halogens is 1. The van der Waals surface area contributed by atoms with E-state index in [1.54, 1.807) is 0 Å². The van der Waals surface area contributed by atoms with Gasteiger partial charge in [-0.3, -0.25) is 0 Å². The number of hydrogen-bond donors (Lipinski definition) is 0. The largest absolute Gasteiger partial charge is 0.627 e. The Balaban J connectivity index is 0.000000980. The zero-order chi connectivity index (χ0) is 9.15. The number of para-hydroxylation sites is 1. The summed E-state index contributed by atoms with van der Waals surface area (Å²) in [6.07, 6.45) is 3.35. The van der Waals surface area contributed by atoms with E-state index < -0.39 is 0 Å². The molecule has 0 bridgehead atoms. The fourth-order valence-corrected chi connectivity index (χ4v) is 1.98. The van der Waals surface area contributed by atoms with Gasteiger partial charge in [0.15, 0.2) is 0 Å². The molecular formula is C11H16ClNO. The smallest absolute Gasteiger partial charge is 0.132 e. The van der Waals surface area contributed by atoms with Gasteiger partial charge in [0.05, 0.1) is 13.1 Å². The lowest BCUT2D eigenvalue weighted by Gasteiger charge is -2.44. The molecule has 1 aliphatic heterocycles. The van der Waals surface area contributed by atoms with Gasteiger partial charge in [0, 0.05) is 0 Å². The molecule has 0 amide bonds. The van der Waals surface area contributed by atoms with Crippen LogP contribution in [0, 0.1) is 5.21 Å². The summed E-state index contributed by atoms with van der Waals surface area (Å²) in [6.45, 7) is 1.51. The van der Waals surface area contributed by atoms with Crippen molar-refractivity contribution in [2.45, 2.75) is 19.3 Å². The number of benzene rings is 1. The zero-order valence-electron chi connectivity index (χ0n) is 8.19. The Morgan fingerprint density at radius 3 is 2.07 bits per heavy atom. The summed E-state index contributed by atoms with van der Waals surface area (Å²) in [5, 5.41) is 12.3. The molecule has 1 aliphatic rings. The highest BCUT2D eigenvalue weighted by atomic mass is 35.5. The first kappa shape index (κ1) is 11.5. The van der Waals surface area contributed by atoms with Crippen molar-refractivity contribution in [1.29, 1.82) is 0 Å². The van der Waals surface area contributed by atoms with Crippen LogP contribution in [0.2, 0.25) is 0 Å². The topological polar surface area (TPSA) is 23.1 Å². The monoisotopic (exact) mass is 213 g/mol. The lowest BCUT2D eigenvalue weighted by Crippen LogP contribution is -2.47. The van der Waals surface area contributed by atoms with Gasteiger partial charge in [-0.05, 0) is 31.4 Å². The van der Waals surface area contributed by atoms with E-state index >= 15 is 0 Å². The van der Waals surface area contributed by atoms with Crippen molar-refractivity contribution in [3.05, 3.63) is 35.5 Å². The molecule has 14 heavy (non-hydrogen) atoms. The average molecular weight is 214 g/mol. The fourth-order valence-electron chi connectivity index (χ4n) is 1.98. The summed E-state index contributed by atoms with van der Waals surface area (Å²) in [4.78, 5) is 0. The first-order chi connectivity index (χ1) is 6.31. The Labute approximate surface area is 91.1 Å². The van der Waals surface area contributed by atoms with Crippen molar-refractivity contribution in [2.24, 2.45) is 0 Å². The molecule has 0 N–H and O–H groups in total. The molecule has 0 spiro atoms. The maximum atomic E-state index is 12.3. The van der Waals surface area contributed by atoms with E-state index in [0.717, 1.165) is 31.6 Å². The number of nitrogens with zero attached hydrogens (tertiary/aromatic N) is 1. The predicted octanol–water partition coefficient (Wildman–Crippen LogP) is 3.10. The van der Waals surface area contributed by atoms with Gasteiger partial charge >= 0.3 is 0 Å². The van der Waals surface area contributed by atoms with Gasteiger partial charge in [-0.1, -0.05) is 18.2 Å². The van der Waals surface area contributed by atoms with Crippen LogP contribution in [0.5, 0.6) is 0 Å². The normalized spacial score (nSPS) is 19.8. The van der Waals surface area contributed by atoms with Crippen LogP contribution in [0.15, 0.2) is 30.3 Å². The third kappa shape index (κ3) is 2.27. The van der Waals surface area contributed by atoms with Crippen LogP contribution in [0.1, 0.15) is 19.3 Å². The molecule has 2 rings (SSSR count). The zero-order valence-corrected chi connectivity index (χ0v) is 9.00. The van der Waals surface area contributed by atoms with E-state index in [1.165, 1.54) is 6.42 Å². The molecule has 3 heteroatoms. The van der Waals surface area contributed by atoms with E-state index in [2.05, 4.69) is 0 Å². The summed E-state index contributed by atoms with van der Waals surface area (Å²) in [7, 11) is 0. The van der Waals surface area contributed by atoms with Crippen molar-refractivity contribution < 1.29 is 0 Å². The SMILES string of the molecule is Cl.[O-][N+]1(c2ccccc2)CCCCC1. The number of hydrogen-bond acceptors (Lipinski definition) is 1. The molecule has 1 fully saturated rings. The Morgan fingerprint density at radius 2 is 1.50 bits per heavy atom. The minimum atomic E-state index is -0.110. The lowest BCUT2D eigenvalue weighted by molar-refractivity contribution is 0.307. The third-order valence-electron chi connectivity index (χ3n) is 2.77. The standard InChI is InChI=1S/C11H15NO.ClH/c13-12(9-5-2-6-10-12)11-7-3-1-4-8-11;/h1,3-4,7-8H,2,5-6,9-10H2;1H. The van der Waals surface area contributed by atoms with E-state index in [4.69, 9.17) is 0 Å². The minimum Gasteiger partial charge on any atom is -0.627 e. The van der Waals surface area contributed by atoms with Crippen molar-refractivity contribution in [3.8, 4) is 0 Å². The summed E-state index contributed by atoms with van der Waals surface area (Å²) in [6, 6.07) is 9.74. The van der Waals surface area contributed by atoms with Crippen LogP contribution in [-0.2, 0) is 0 Å². The number of hydroxylamine groups is 2. The van der Waals surface area contributed by atoms with Gasteiger partial charge < -0.3 is 9.85 Å². The van der Waals surface area contributed by atoms with Crippen molar-refractivity contribution >= 4 is 18.1 Å². The van der Waals surface area contributed by atoms with Crippen LogP contribution in [0.25, 0.3) is 0 Å². The molecule has 2 nitrogen and oxygen atoms in total. The lowest BCUT2D eigenvalue weighted by atomic mass is 10.1. The first-order valence-corrected chi connectivity index (χ1v) is 4.95. The van der Waals surface area contributed by atoms with E-state index in [1.807, 2.05) is 30.3 Å². The highest BCUT2D eigenvalue weighted by Crippen LogP contribution is 2.26. The van der Waals surface area contributed by atoms with Gasteiger partial charge in [0.2, 0.25) is 0 Å². The highest BCUT2D eigenvalue weighted by Gasteiger charge is 2.22. The minimum absolute atomic E-state index is 0. The molecule has 78 valence electrons. The Hall–Kier alpha value is -0.570. The van der Waals surface area contributed by atoms with E-state index in [9.17, 15) is 5.21 Å². The van der Waals surface area contributed by atoms with E-state index in [0.29, 0.717) is 0 Å². The highest BCUT2D eigenvalue weighted by molar-refractivity contribution is 5.85. The van der Waals surface area contributed by atoms with Gasteiger partial charge in [0.1, 0.15) is 5.69 Å². The van der Waals surface area contributed by atoms with Gasteiger partial charge in [0.25, 0.3) is 0 Å². The number of rotatable bonds is 1. The van der Waals surface area contributed by atoms with Gasteiger partial charge in [-0.15, -0.1) is 12.4 Å². The van der Waals surface area contributed by atoms with Crippen molar-refractivity contribution in [3.63, 3.8) is 0 Å². The van der Waals surface area contributed by atoms with Crippen LogP contribution in [0.4, 0.5) is 5.69 Å². The number of piperidine rings is 1. The van der Waals surface area contributed by atoms with Gasteiger partial charge in [-0.25, -0.2) is 0 Å². The van der Waals surface area contributed by atoms with Crippen molar-refractivity contribution in [2.75, 3.05) is 13.1 Å². The second kappa shape index (κ2) is 4.78. The van der Waals surface area contributed by atoms with Gasteiger partial charge in [-0.2, -0.15) is 0 Å². The third-order valence-corrected chi connectivity index (χ3v) is 2.77. The Bertz CT molecular complexity index is 270. The van der Waals surface area contributed by atoms with Crippen LogP contribution < -0.4 is 4.65 Å². The molecule has 0 unspecified atom stereocenters. The summed E-state index contributed by atoms with van der Waals surface area (Å²) in [5.74, 6) is 0. The van der Waals surface area contributed by atoms with Crippen LogP contribution in [0.3, 0.4) is 0 Å². The first-order valence-electron chi connectivity index (χ1n) is 4.95. The summed E-state index contributed by atoms with van der Waals surface area (Å²) < 4.78 is -0.110. The van der Waals surface area contributed by atoms with Crippen LogP contribution in [-0.4, -0.2) is 13.1 Å². The maximum absolute atomic E-state index is 12.3. The molecule has 0 aromatic heterocycles. The molecule has 1 saturated heterocycles. The molecular weight excluding hydrogens is 198 g/mol. The molecule has 0 saturated carbocycles. The molecule has 1 aromatic carbocycles. The average Bonchev–Trinajstić information content (AvgIpc) is 2.20. The van der Waals surface area contributed by atoms with Crippen molar-refractivity contribution in [1.82, 2.24) is 4.65 Å². The summed E-state index contributed by atoms with van der Waals surface area (Å²) in [5.41, 5.74) is 0.919. The number of quaternary nitrogens is 1. The molecule has 0 radical (unpaired) electrons. The molecule has 0 aliphatic carbocycles. The summed E-state index contributed by atoms with van der Waals surface area (Å²) >= 11 is 0. The van der Waals surface area contributed by atoms with E-state index in [-0.39, 0.29) is 17.1 Å².